The number of hydrogen-bond donors (Lipinski definition) is 2. The average Bonchev–Trinajstić information content (AvgIpc) is 2.76. The topological polar surface area (TPSA) is 50.4 Å². The quantitative estimate of drug-likeness (QED) is 0.798. The first kappa shape index (κ1) is 19.0. The molecule has 1 unspecified atom stereocenters. The lowest BCUT2D eigenvalue weighted by Crippen LogP contribution is -2.39. The van der Waals surface area contributed by atoms with Crippen LogP contribution < -0.4 is 10.6 Å². The van der Waals surface area contributed by atoms with Gasteiger partial charge in [0.25, 0.3) is 0 Å². The lowest BCUT2D eigenvalue weighted by Gasteiger charge is -2.24. The van der Waals surface area contributed by atoms with E-state index in [-0.39, 0.29) is 6.09 Å². The van der Waals surface area contributed by atoms with Gasteiger partial charge in [-0.05, 0) is 61.4 Å². The fraction of sp³-hybridized carbons (Fsp3) is 0.706. The Morgan fingerprint density at radius 2 is 1.95 bits per heavy atom. The monoisotopic (exact) mass is 326 g/mol. The van der Waals surface area contributed by atoms with Crippen LogP contribution in [-0.2, 0) is 11.3 Å². The summed E-state index contributed by atoms with van der Waals surface area (Å²) in [5, 5.41) is 10.7. The Hall–Kier alpha value is -1.07. The highest BCUT2D eigenvalue weighted by Crippen LogP contribution is 2.14. The summed E-state index contributed by atoms with van der Waals surface area (Å²) in [6.45, 7) is 14.5. The minimum atomic E-state index is -0.452. The number of hydrogen-bond acceptors (Lipinski definition) is 4. The van der Waals surface area contributed by atoms with Crippen molar-refractivity contribution in [3.63, 3.8) is 0 Å². The predicted molar refractivity (Wildman–Crippen MR) is 93.3 cm³/mol. The van der Waals surface area contributed by atoms with E-state index in [4.69, 9.17) is 4.74 Å². The maximum Gasteiger partial charge on any atom is 0.407 e. The summed E-state index contributed by atoms with van der Waals surface area (Å²) in [5.41, 5.74) is 2.24. The Morgan fingerprint density at radius 1 is 1.27 bits per heavy atom. The zero-order valence-electron chi connectivity index (χ0n) is 14.7. The number of thiophene rings is 1. The number of rotatable bonds is 7. The van der Waals surface area contributed by atoms with Gasteiger partial charge in [0, 0.05) is 19.6 Å². The summed E-state index contributed by atoms with van der Waals surface area (Å²) < 4.78 is 5.28. The Labute approximate surface area is 138 Å². The molecule has 0 fully saturated rings. The van der Waals surface area contributed by atoms with Crippen LogP contribution in [0.5, 0.6) is 0 Å². The molecule has 5 heteroatoms. The SMILES string of the molecule is Cc1cscc1CNCC(CNC(=O)OC(C)(C)C)C(C)C. The van der Waals surface area contributed by atoms with E-state index in [9.17, 15) is 4.79 Å². The molecule has 1 aromatic rings. The molecule has 22 heavy (non-hydrogen) atoms. The molecule has 0 radical (unpaired) electrons. The van der Waals surface area contributed by atoms with E-state index in [1.165, 1.54) is 11.1 Å². The Balaban J connectivity index is 2.36. The van der Waals surface area contributed by atoms with Gasteiger partial charge < -0.3 is 15.4 Å². The van der Waals surface area contributed by atoms with Gasteiger partial charge in [-0.2, -0.15) is 11.3 Å². The summed E-state index contributed by atoms with van der Waals surface area (Å²) in [4.78, 5) is 11.7. The van der Waals surface area contributed by atoms with Crippen LogP contribution in [0.4, 0.5) is 4.79 Å². The molecule has 0 spiro atoms. The number of amides is 1. The summed E-state index contributed by atoms with van der Waals surface area (Å²) in [5.74, 6) is 0.873. The number of ether oxygens (including phenoxy) is 1. The van der Waals surface area contributed by atoms with Crippen molar-refractivity contribution in [1.29, 1.82) is 0 Å². The number of nitrogens with one attached hydrogen (secondary N) is 2. The van der Waals surface area contributed by atoms with Gasteiger partial charge in [0.1, 0.15) is 5.60 Å². The van der Waals surface area contributed by atoms with Gasteiger partial charge in [-0.15, -0.1) is 0 Å². The van der Waals surface area contributed by atoms with Gasteiger partial charge >= 0.3 is 6.09 Å². The summed E-state index contributed by atoms with van der Waals surface area (Å²) in [6, 6.07) is 0. The summed E-state index contributed by atoms with van der Waals surface area (Å²) >= 11 is 1.74. The molecular formula is C17H30N2O2S. The highest BCUT2D eigenvalue weighted by atomic mass is 32.1. The van der Waals surface area contributed by atoms with Gasteiger partial charge in [0.2, 0.25) is 0 Å². The standard InChI is InChI=1S/C17H30N2O2S/c1-12(2)14(9-19-16(20)21-17(4,5)6)7-18-8-15-11-22-10-13(15)3/h10-12,14,18H,7-9H2,1-6H3,(H,19,20). The molecule has 4 nitrogen and oxygen atoms in total. The normalized spacial score (nSPS) is 13.2. The van der Waals surface area contributed by atoms with Gasteiger partial charge in [-0.1, -0.05) is 13.8 Å². The zero-order chi connectivity index (χ0) is 16.8. The summed E-state index contributed by atoms with van der Waals surface area (Å²) in [6.07, 6.45) is -0.341. The van der Waals surface area contributed by atoms with E-state index in [2.05, 4.69) is 42.2 Å². The minimum absolute atomic E-state index is 0.341. The van der Waals surface area contributed by atoms with Crippen molar-refractivity contribution < 1.29 is 9.53 Å². The van der Waals surface area contributed by atoms with Crippen LogP contribution >= 0.6 is 11.3 Å². The van der Waals surface area contributed by atoms with Crippen molar-refractivity contribution in [1.82, 2.24) is 10.6 Å². The van der Waals surface area contributed by atoms with Crippen molar-refractivity contribution in [2.24, 2.45) is 11.8 Å². The lowest BCUT2D eigenvalue weighted by atomic mass is 9.95. The largest absolute Gasteiger partial charge is 0.444 e. The second-order valence-corrected chi connectivity index (χ2v) is 7.84. The molecule has 1 amide bonds. The summed E-state index contributed by atoms with van der Waals surface area (Å²) in [7, 11) is 0. The molecule has 0 aliphatic carbocycles. The second kappa shape index (κ2) is 8.53. The number of alkyl carbamates (subject to hydrolysis) is 1. The van der Waals surface area contributed by atoms with Crippen molar-refractivity contribution in [3.8, 4) is 0 Å². The van der Waals surface area contributed by atoms with Gasteiger partial charge in [0.15, 0.2) is 0 Å². The fourth-order valence-electron chi connectivity index (χ4n) is 2.03. The highest BCUT2D eigenvalue weighted by molar-refractivity contribution is 7.08. The molecular weight excluding hydrogens is 296 g/mol. The van der Waals surface area contributed by atoms with Crippen molar-refractivity contribution >= 4 is 17.4 Å². The van der Waals surface area contributed by atoms with E-state index >= 15 is 0 Å². The van der Waals surface area contributed by atoms with E-state index in [1.54, 1.807) is 11.3 Å². The van der Waals surface area contributed by atoms with Crippen LogP contribution in [-0.4, -0.2) is 24.8 Å². The number of aryl methyl sites for hydroxylation is 1. The average molecular weight is 327 g/mol. The van der Waals surface area contributed by atoms with E-state index in [1.807, 2.05) is 20.8 Å². The maximum absolute atomic E-state index is 11.7. The molecule has 1 atom stereocenters. The van der Waals surface area contributed by atoms with Crippen LogP contribution in [0.15, 0.2) is 10.8 Å². The maximum atomic E-state index is 11.7. The first-order valence-electron chi connectivity index (χ1n) is 7.88. The number of carbonyl (C=O) groups excluding carboxylic acids is 1. The van der Waals surface area contributed by atoms with Gasteiger partial charge in [-0.25, -0.2) is 4.79 Å². The molecule has 0 aromatic carbocycles. The van der Waals surface area contributed by atoms with E-state index in [0.717, 1.165) is 13.1 Å². The Kier molecular flexibility index (Phi) is 7.36. The van der Waals surface area contributed by atoms with Gasteiger partial charge in [-0.3, -0.25) is 0 Å². The first-order valence-corrected chi connectivity index (χ1v) is 8.82. The molecule has 0 saturated carbocycles. The fourth-order valence-corrected chi connectivity index (χ4v) is 2.89. The van der Waals surface area contributed by atoms with E-state index < -0.39 is 5.60 Å². The molecule has 1 heterocycles. The Morgan fingerprint density at radius 3 is 2.45 bits per heavy atom. The zero-order valence-corrected chi connectivity index (χ0v) is 15.5. The molecule has 1 aromatic heterocycles. The lowest BCUT2D eigenvalue weighted by molar-refractivity contribution is 0.0515. The van der Waals surface area contributed by atoms with Crippen LogP contribution in [0.25, 0.3) is 0 Å². The minimum Gasteiger partial charge on any atom is -0.444 e. The molecule has 1 rings (SSSR count). The molecule has 126 valence electrons. The van der Waals surface area contributed by atoms with E-state index in [0.29, 0.717) is 18.4 Å². The van der Waals surface area contributed by atoms with Crippen LogP contribution in [0.1, 0.15) is 45.7 Å². The van der Waals surface area contributed by atoms with Crippen molar-refractivity contribution in [3.05, 3.63) is 21.9 Å². The number of carbonyl (C=O) groups is 1. The van der Waals surface area contributed by atoms with Crippen LogP contribution in [0.2, 0.25) is 0 Å². The van der Waals surface area contributed by atoms with Crippen molar-refractivity contribution in [2.75, 3.05) is 13.1 Å². The molecule has 0 bridgehead atoms. The predicted octanol–water partition coefficient (Wildman–Crippen LogP) is 3.94. The third kappa shape index (κ3) is 7.27. The Bertz CT molecular complexity index is 463. The first-order chi connectivity index (χ1) is 10.2. The second-order valence-electron chi connectivity index (χ2n) is 7.10. The highest BCUT2D eigenvalue weighted by Gasteiger charge is 2.19. The molecule has 0 aliphatic rings. The smallest absolute Gasteiger partial charge is 0.407 e. The molecule has 0 aliphatic heterocycles. The molecule has 0 saturated heterocycles. The molecule has 2 N–H and O–H groups in total. The van der Waals surface area contributed by atoms with Crippen LogP contribution in [0, 0.1) is 18.8 Å². The van der Waals surface area contributed by atoms with Gasteiger partial charge in [0.05, 0.1) is 0 Å². The van der Waals surface area contributed by atoms with Crippen LogP contribution in [0.3, 0.4) is 0 Å². The van der Waals surface area contributed by atoms with Crippen molar-refractivity contribution in [2.45, 2.75) is 53.7 Å². The third-order valence-electron chi connectivity index (χ3n) is 3.53. The third-order valence-corrected chi connectivity index (χ3v) is 4.44.